The monoisotopic (exact) mass is 364 g/mol. The van der Waals surface area contributed by atoms with E-state index in [4.69, 9.17) is 26.5 Å². The summed E-state index contributed by atoms with van der Waals surface area (Å²) in [6.07, 6.45) is 1.70. The van der Waals surface area contributed by atoms with Crippen molar-refractivity contribution in [2.75, 3.05) is 44.6 Å². The Morgan fingerprint density at radius 2 is 2.08 bits per heavy atom. The molecule has 2 aromatic rings. The summed E-state index contributed by atoms with van der Waals surface area (Å²) in [6.45, 7) is 3.08. The minimum absolute atomic E-state index is 0.0308. The third kappa shape index (κ3) is 5.35. The highest BCUT2D eigenvalue weighted by Gasteiger charge is 2.18. The predicted octanol–water partition coefficient (Wildman–Crippen LogP) is 2.65. The molecule has 2 heterocycles. The standard InChI is InChI=1S/C16H21ClN6O2/c1-10-4-5-19-12(8-10)21-15-14(20-6-7-24-2)13(11(18)9-25-3)22-16(17)23-15/h4-5,8,18,20H,6-7,9H2,1-3H3,(H,19,21,22,23). The second kappa shape index (κ2) is 9.26. The van der Waals surface area contributed by atoms with Gasteiger partial charge in [-0.15, -0.1) is 0 Å². The molecule has 0 aliphatic carbocycles. The van der Waals surface area contributed by atoms with Crippen LogP contribution in [0.5, 0.6) is 0 Å². The van der Waals surface area contributed by atoms with E-state index in [1.165, 1.54) is 7.11 Å². The molecule has 8 nitrogen and oxygen atoms in total. The molecule has 0 aliphatic rings. The van der Waals surface area contributed by atoms with Gasteiger partial charge >= 0.3 is 0 Å². The van der Waals surface area contributed by atoms with Gasteiger partial charge in [-0.25, -0.2) is 9.97 Å². The largest absolute Gasteiger partial charge is 0.383 e. The summed E-state index contributed by atoms with van der Waals surface area (Å²) in [4.78, 5) is 12.7. The number of anilines is 3. The number of methoxy groups -OCH3 is 2. The van der Waals surface area contributed by atoms with Crippen LogP contribution in [0.1, 0.15) is 11.3 Å². The molecule has 0 atom stereocenters. The first-order valence-electron chi connectivity index (χ1n) is 7.62. The highest BCUT2D eigenvalue weighted by molar-refractivity contribution is 6.28. The van der Waals surface area contributed by atoms with Crippen molar-refractivity contribution < 1.29 is 9.47 Å². The van der Waals surface area contributed by atoms with Gasteiger partial charge in [0, 0.05) is 27.0 Å². The summed E-state index contributed by atoms with van der Waals surface area (Å²) >= 11 is 6.05. The van der Waals surface area contributed by atoms with Crippen LogP contribution in [0.4, 0.5) is 17.3 Å². The highest BCUT2D eigenvalue weighted by atomic mass is 35.5. The maximum atomic E-state index is 8.17. The Kier molecular flexibility index (Phi) is 7.05. The van der Waals surface area contributed by atoms with Crippen molar-refractivity contribution in [1.29, 1.82) is 5.41 Å². The Labute approximate surface area is 151 Å². The third-order valence-electron chi connectivity index (χ3n) is 3.23. The molecule has 9 heteroatoms. The van der Waals surface area contributed by atoms with E-state index in [2.05, 4.69) is 25.6 Å². The Morgan fingerprint density at radius 3 is 2.76 bits per heavy atom. The van der Waals surface area contributed by atoms with Gasteiger partial charge in [0.15, 0.2) is 5.82 Å². The van der Waals surface area contributed by atoms with Crippen LogP contribution in [-0.2, 0) is 9.47 Å². The number of ether oxygens (including phenoxy) is 2. The van der Waals surface area contributed by atoms with Crippen LogP contribution in [0.2, 0.25) is 5.28 Å². The molecule has 25 heavy (non-hydrogen) atoms. The average Bonchev–Trinajstić information content (AvgIpc) is 2.56. The first kappa shape index (κ1) is 19.0. The number of aryl methyl sites for hydroxylation is 1. The van der Waals surface area contributed by atoms with Crippen molar-refractivity contribution in [1.82, 2.24) is 15.0 Å². The summed E-state index contributed by atoms with van der Waals surface area (Å²) in [5.41, 5.74) is 2.16. The van der Waals surface area contributed by atoms with Gasteiger partial charge in [0.05, 0.1) is 18.9 Å². The number of rotatable bonds is 9. The Hall–Kier alpha value is -2.29. The lowest BCUT2D eigenvalue weighted by molar-refractivity contribution is 0.211. The number of hydrogen-bond donors (Lipinski definition) is 3. The maximum Gasteiger partial charge on any atom is 0.225 e. The smallest absolute Gasteiger partial charge is 0.225 e. The molecule has 2 rings (SSSR count). The van der Waals surface area contributed by atoms with Crippen LogP contribution in [0.3, 0.4) is 0 Å². The fraction of sp³-hybridized carbons (Fsp3) is 0.375. The van der Waals surface area contributed by atoms with E-state index >= 15 is 0 Å². The highest BCUT2D eigenvalue weighted by Crippen LogP contribution is 2.28. The summed E-state index contributed by atoms with van der Waals surface area (Å²) in [7, 11) is 3.13. The van der Waals surface area contributed by atoms with Crippen molar-refractivity contribution in [2.24, 2.45) is 0 Å². The fourth-order valence-corrected chi connectivity index (χ4v) is 2.30. The Bertz CT molecular complexity index is 741. The molecule has 0 aliphatic heterocycles. The number of hydrogen-bond acceptors (Lipinski definition) is 8. The number of nitrogens with zero attached hydrogens (tertiary/aromatic N) is 3. The zero-order valence-corrected chi connectivity index (χ0v) is 15.1. The molecule has 134 valence electrons. The summed E-state index contributed by atoms with van der Waals surface area (Å²) in [5, 5.41) is 14.5. The Balaban J connectivity index is 2.42. The lowest BCUT2D eigenvalue weighted by Gasteiger charge is -2.17. The van der Waals surface area contributed by atoms with Crippen LogP contribution in [0, 0.1) is 12.3 Å². The number of nitrogens with one attached hydrogen (secondary N) is 3. The fourth-order valence-electron chi connectivity index (χ4n) is 2.13. The lowest BCUT2D eigenvalue weighted by atomic mass is 10.2. The van der Waals surface area contributed by atoms with Gasteiger partial charge in [0.25, 0.3) is 0 Å². The van der Waals surface area contributed by atoms with E-state index in [1.54, 1.807) is 13.3 Å². The lowest BCUT2D eigenvalue weighted by Crippen LogP contribution is -2.18. The van der Waals surface area contributed by atoms with Crippen LogP contribution in [0.25, 0.3) is 0 Å². The van der Waals surface area contributed by atoms with E-state index in [-0.39, 0.29) is 17.6 Å². The minimum atomic E-state index is 0.0308. The van der Waals surface area contributed by atoms with Crippen LogP contribution in [0.15, 0.2) is 18.3 Å². The topological polar surface area (TPSA) is 105 Å². The normalized spacial score (nSPS) is 10.6. The molecule has 0 fully saturated rings. The molecular formula is C16H21ClN6O2. The van der Waals surface area contributed by atoms with Gasteiger partial charge in [-0.05, 0) is 36.2 Å². The summed E-state index contributed by atoms with van der Waals surface area (Å²) < 4.78 is 10.1. The van der Waals surface area contributed by atoms with Crippen molar-refractivity contribution in [2.45, 2.75) is 6.92 Å². The van der Waals surface area contributed by atoms with Gasteiger partial charge < -0.3 is 25.5 Å². The predicted molar refractivity (Wildman–Crippen MR) is 98.4 cm³/mol. The zero-order valence-electron chi connectivity index (χ0n) is 14.4. The SMILES string of the molecule is COCCNc1c(Nc2cc(C)ccn2)nc(Cl)nc1C(=N)COC. The van der Waals surface area contributed by atoms with Crippen molar-refractivity contribution in [3.05, 3.63) is 34.9 Å². The van der Waals surface area contributed by atoms with Crippen LogP contribution >= 0.6 is 11.6 Å². The van der Waals surface area contributed by atoms with Crippen molar-refractivity contribution in [3.8, 4) is 0 Å². The van der Waals surface area contributed by atoms with Crippen LogP contribution in [-0.4, -0.2) is 54.6 Å². The molecule has 0 aromatic carbocycles. The summed E-state index contributed by atoms with van der Waals surface area (Å²) in [5.74, 6) is 1.05. The van der Waals surface area contributed by atoms with Crippen molar-refractivity contribution in [3.63, 3.8) is 0 Å². The quantitative estimate of drug-likeness (QED) is 0.357. The van der Waals surface area contributed by atoms with E-state index in [0.717, 1.165) is 5.56 Å². The van der Waals surface area contributed by atoms with Crippen LogP contribution < -0.4 is 10.6 Å². The van der Waals surface area contributed by atoms with E-state index < -0.39 is 0 Å². The van der Waals surface area contributed by atoms with E-state index in [9.17, 15) is 0 Å². The zero-order chi connectivity index (χ0) is 18.2. The molecule has 0 bridgehead atoms. The van der Waals surface area contributed by atoms with Crippen molar-refractivity contribution >= 4 is 34.6 Å². The molecule has 0 radical (unpaired) electrons. The first-order chi connectivity index (χ1) is 12.0. The second-order valence-electron chi connectivity index (χ2n) is 5.24. The molecule has 0 saturated heterocycles. The number of halogens is 1. The molecule has 0 saturated carbocycles. The molecular weight excluding hydrogens is 344 g/mol. The number of aromatic nitrogens is 3. The maximum absolute atomic E-state index is 8.17. The van der Waals surface area contributed by atoms with Gasteiger partial charge in [-0.3, -0.25) is 0 Å². The molecule has 3 N–H and O–H groups in total. The van der Waals surface area contributed by atoms with E-state index in [0.29, 0.717) is 36.2 Å². The molecule has 0 unspecified atom stereocenters. The van der Waals surface area contributed by atoms with Gasteiger partial charge in [0.1, 0.15) is 17.2 Å². The minimum Gasteiger partial charge on any atom is -0.383 e. The third-order valence-corrected chi connectivity index (χ3v) is 3.40. The first-order valence-corrected chi connectivity index (χ1v) is 7.99. The number of pyridine rings is 1. The second-order valence-corrected chi connectivity index (χ2v) is 5.58. The van der Waals surface area contributed by atoms with E-state index in [1.807, 2.05) is 19.1 Å². The average molecular weight is 365 g/mol. The molecule has 0 amide bonds. The van der Waals surface area contributed by atoms with Gasteiger partial charge in [-0.1, -0.05) is 0 Å². The Morgan fingerprint density at radius 1 is 1.28 bits per heavy atom. The van der Waals surface area contributed by atoms with Gasteiger partial charge in [-0.2, -0.15) is 4.98 Å². The molecule has 0 spiro atoms. The van der Waals surface area contributed by atoms with Gasteiger partial charge in [0.2, 0.25) is 5.28 Å². The summed E-state index contributed by atoms with van der Waals surface area (Å²) in [6, 6.07) is 3.78. The molecule has 2 aromatic heterocycles.